The minimum absolute atomic E-state index is 0.0363. The van der Waals surface area contributed by atoms with Crippen LogP contribution in [0.1, 0.15) is 37.6 Å². The Hall–Kier alpha value is -3.85. The number of nitrogens with zero attached hydrogens (tertiary/aromatic N) is 3. The smallest absolute Gasteiger partial charge is 0.282 e. The highest BCUT2D eigenvalue weighted by Crippen LogP contribution is 2.21. The normalized spacial score (nSPS) is 12.1. The van der Waals surface area contributed by atoms with Gasteiger partial charge in [-0.15, -0.1) is 0 Å². The molecule has 36 heavy (non-hydrogen) atoms. The van der Waals surface area contributed by atoms with Crippen molar-refractivity contribution in [3.8, 4) is 5.75 Å². The predicted octanol–water partition coefficient (Wildman–Crippen LogP) is 5.71. The zero-order valence-corrected chi connectivity index (χ0v) is 21.3. The van der Waals surface area contributed by atoms with Gasteiger partial charge in [0.25, 0.3) is 11.5 Å². The molecule has 0 aliphatic rings. The highest BCUT2D eigenvalue weighted by molar-refractivity contribution is 9.10. The Bertz CT molecular complexity index is 1490. The van der Waals surface area contributed by atoms with Gasteiger partial charge >= 0.3 is 0 Å². The minimum atomic E-state index is -0.515. The largest absolute Gasteiger partial charge is 0.484 e. The first kappa shape index (κ1) is 25.2. The number of hydrogen-bond donors (Lipinski definition) is 1. The second-order valence-electron chi connectivity index (χ2n) is 8.19. The average Bonchev–Trinajstić information content (AvgIpc) is 2.88. The number of fused-ring (bicyclic) bond motifs is 1. The number of anilines is 1. The standard InChI is InChI=1S/C27H24BrFN4O3/c1-3-17(2)26-32-23-13-10-19(28)14-21(23)27(35)33(26)30-15-18-8-11-20(12-9-18)36-16-25(34)31-24-7-5-4-6-22(24)29/h4-15,17H,3,16H2,1-2H3,(H,31,34)/t17-/m0/s1. The summed E-state index contributed by atoms with van der Waals surface area (Å²) >= 11 is 3.41. The summed E-state index contributed by atoms with van der Waals surface area (Å²) in [5.74, 6) is 0.103. The van der Waals surface area contributed by atoms with Crippen molar-refractivity contribution in [2.24, 2.45) is 5.10 Å². The molecule has 0 aliphatic heterocycles. The molecule has 0 spiro atoms. The fourth-order valence-electron chi connectivity index (χ4n) is 3.45. The summed E-state index contributed by atoms with van der Waals surface area (Å²) in [5, 5.41) is 7.39. The maximum absolute atomic E-state index is 13.7. The van der Waals surface area contributed by atoms with Crippen molar-refractivity contribution in [1.82, 2.24) is 9.66 Å². The van der Waals surface area contributed by atoms with Gasteiger partial charge in [-0.2, -0.15) is 9.78 Å². The van der Waals surface area contributed by atoms with E-state index in [0.29, 0.717) is 22.5 Å². The highest BCUT2D eigenvalue weighted by atomic mass is 79.9. The van der Waals surface area contributed by atoms with Gasteiger partial charge in [0, 0.05) is 10.4 Å². The minimum Gasteiger partial charge on any atom is -0.484 e. The second-order valence-corrected chi connectivity index (χ2v) is 9.10. The third-order valence-corrected chi connectivity index (χ3v) is 6.10. The number of rotatable bonds is 8. The quantitative estimate of drug-likeness (QED) is 0.284. The van der Waals surface area contributed by atoms with Gasteiger partial charge in [-0.05, 0) is 66.6 Å². The van der Waals surface area contributed by atoms with Gasteiger partial charge in [-0.3, -0.25) is 9.59 Å². The lowest BCUT2D eigenvalue weighted by molar-refractivity contribution is -0.118. The Morgan fingerprint density at radius 1 is 1.19 bits per heavy atom. The fourth-order valence-corrected chi connectivity index (χ4v) is 3.81. The molecule has 0 fully saturated rings. The molecule has 0 unspecified atom stereocenters. The summed E-state index contributed by atoms with van der Waals surface area (Å²) in [6.45, 7) is 3.77. The van der Waals surface area contributed by atoms with Gasteiger partial charge in [-0.1, -0.05) is 41.9 Å². The maximum atomic E-state index is 13.7. The van der Waals surface area contributed by atoms with Crippen LogP contribution >= 0.6 is 15.9 Å². The number of amides is 1. The summed E-state index contributed by atoms with van der Waals surface area (Å²) in [6.07, 6.45) is 2.38. The number of aromatic nitrogens is 2. The van der Waals surface area contributed by atoms with Crippen LogP contribution in [0.5, 0.6) is 5.75 Å². The molecule has 7 nitrogen and oxygen atoms in total. The lowest BCUT2D eigenvalue weighted by Gasteiger charge is -2.14. The number of para-hydroxylation sites is 1. The van der Waals surface area contributed by atoms with Crippen molar-refractivity contribution >= 4 is 44.6 Å². The summed E-state index contributed by atoms with van der Waals surface area (Å²) in [5.41, 5.74) is 1.22. The number of hydrogen-bond acceptors (Lipinski definition) is 5. The molecule has 184 valence electrons. The van der Waals surface area contributed by atoms with E-state index in [0.717, 1.165) is 16.5 Å². The second kappa shape index (κ2) is 11.3. The van der Waals surface area contributed by atoms with Crippen molar-refractivity contribution in [3.63, 3.8) is 0 Å². The monoisotopic (exact) mass is 550 g/mol. The van der Waals surface area contributed by atoms with E-state index >= 15 is 0 Å². The molecule has 4 aromatic rings. The average molecular weight is 551 g/mol. The molecule has 9 heteroatoms. The van der Waals surface area contributed by atoms with Crippen LogP contribution < -0.4 is 15.6 Å². The molecule has 4 rings (SSSR count). The Labute approximate surface area is 215 Å². The van der Waals surface area contributed by atoms with Gasteiger partial charge in [0.1, 0.15) is 17.4 Å². The molecule has 0 bridgehead atoms. The number of nitrogens with one attached hydrogen (secondary N) is 1. The lowest BCUT2D eigenvalue weighted by atomic mass is 10.1. The number of halogens is 2. The topological polar surface area (TPSA) is 85.6 Å². The van der Waals surface area contributed by atoms with Gasteiger partial charge in [-0.25, -0.2) is 9.37 Å². The number of carbonyl (C=O) groups is 1. The van der Waals surface area contributed by atoms with E-state index in [1.807, 2.05) is 26.0 Å². The van der Waals surface area contributed by atoms with E-state index in [1.54, 1.807) is 48.7 Å². The highest BCUT2D eigenvalue weighted by Gasteiger charge is 2.15. The number of carbonyl (C=O) groups excluding carboxylic acids is 1. The zero-order chi connectivity index (χ0) is 25.7. The Kier molecular flexibility index (Phi) is 7.90. The van der Waals surface area contributed by atoms with Crippen LogP contribution in [0.3, 0.4) is 0 Å². The molecular formula is C27H24BrFN4O3. The Morgan fingerprint density at radius 3 is 2.67 bits per heavy atom. The van der Waals surface area contributed by atoms with Crippen molar-refractivity contribution in [3.05, 3.63) is 98.8 Å². The summed E-state index contributed by atoms with van der Waals surface area (Å²) in [7, 11) is 0. The van der Waals surface area contributed by atoms with Crippen LogP contribution in [-0.4, -0.2) is 28.4 Å². The molecule has 1 aromatic heterocycles. The zero-order valence-electron chi connectivity index (χ0n) is 19.7. The van der Waals surface area contributed by atoms with Gasteiger partial charge in [0.15, 0.2) is 6.61 Å². The molecule has 0 aliphatic carbocycles. The van der Waals surface area contributed by atoms with Crippen LogP contribution in [0, 0.1) is 5.82 Å². The molecule has 1 N–H and O–H groups in total. The summed E-state index contributed by atoms with van der Waals surface area (Å²) < 4.78 is 21.3. The van der Waals surface area contributed by atoms with E-state index in [1.165, 1.54) is 16.8 Å². The molecule has 0 radical (unpaired) electrons. The van der Waals surface area contributed by atoms with Crippen LogP contribution in [0.15, 0.2) is 81.1 Å². The molecule has 1 amide bonds. The van der Waals surface area contributed by atoms with Crippen molar-refractivity contribution < 1.29 is 13.9 Å². The maximum Gasteiger partial charge on any atom is 0.282 e. The fraction of sp³-hybridized carbons (Fsp3) is 0.185. The first-order valence-electron chi connectivity index (χ1n) is 11.4. The Morgan fingerprint density at radius 2 is 1.94 bits per heavy atom. The number of ether oxygens (including phenoxy) is 1. The van der Waals surface area contributed by atoms with Crippen molar-refractivity contribution in [2.75, 3.05) is 11.9 Å². The van der Waals surface area contributed by atoms with Crippen LogP contribution in [0.25, 0.3) is 10.9 Å². The van der Waals surface area contributed by atoms with Gasteiger partial charge in [0.05, 0.1) is 22.8 Å². The predicted molar refractivity (Wildman–Crippen MR) is 142 cm³/mol. The van der Waals surface area contributed by atoms with Crippen LogP contribution in [0.4, 0.5) is 10.1 Å². The molecule has 1 heterocycles. The van der Waals surface area contributed by atoms with Crippen molar-refractivity contribution in [2.45, 2.75) is 26.2 Å². The molecule has 0 saturated carbocycles. The first-order valence-corrected chi connectivity index (χ1v) is 12.2. The third kappa shape index (κ3) is 5.85. The molecule has 0 saturated heterocycles. The van der Waals surface area contributed by atoms with Crippen LogP contribution in [0.2, 0.25) is 0 Å². The third-order valence-electron chi connectivity index (χ3n) is 5.61. The van der Waals surface area contributed by atoms with E-state index in [-0.39, 0.29) is 23.8 Å². The van der Waals surface area contributed by atoms with Gasteiger partial charge in [0.2, 0.25) is 0 Å². The van der Waals surface area contributed by atoms with E-state index in [2.05, 4.69) is 26.3 Å². The van der Waals surface area contributed by atoms with E-state index in [4.69, 9.17) is 9.72 Å². The lowest BCUT2D eigenvalue weighted by Crippen LogP contribution is -2.23. The summed E-state index contributed by atoms with van der Waals surface area (Å²) in [6, 6.07) is 18.2. The van der Waals surface area contributed by atoms with Crippen molar-refractivity contribution in [1.29, 1.82) is 0 Å². The first-order chi connectivity index (χ1) is 17.4. The summed E-state index contributed by atoms with van der Waals surface area (Å²) in [4.78, 5) is 30.0. The van der Waals surface area contributed by atoms with E-state index < -0.39 is 11.7 Å². The van der Waals surface area contributed by atoms with Crippen LogP contribution in [-0.2, 0) is 4.79 Å². The van der Waals surface area contributed by atoms with E-state index in [9.17, 15) is 14.0 Å². The Balaban J connectivity index is 1.49. The SMILES string of the molecule is CC[C@H](C)c1nc2ccc(Br)cc2c(=O)n1N=Cc1ccc(OCC(=O)Nc2ccccc2F)cc1. The van der Waals surface area contributed by atoms with Gasteiger partial charge < -0.3 is 10.1 Å². The molecule has 1 atom stereocenters. The molecule has 3 aromatic carbocycles. The number of benzene rings is 3. The molecular weight excluding hydrogens is 527 g/mol.